The van der Waals surface area contributed by atoms with Crippen LogP contribution in [-0.4, -0.2) is 50.4 Å². The fourth-order valence-corrected chi connectivity index (χ4v) is 3.46. The van der Waals surface area contributed by atoms with Gasteiger partial charge >= 0.3 is 5.97 Å². The summed E-state index contributed by atoms with van der Waals surface area (Å²) in [6.07, 6.45) is 2.10. The molecule has 1 aromatic heterocycles. The van der Waals surface area contributed by atoms with Gasteiger partial charge in [-0.3, -0.25) is 14.9 Å². The van der Waals surface area contributed by atoms with E-state index in [-0.39, 0.29) is 24.4 Å². The topological polar surface area (TPSA) is 86.8 Å². The van der Waals surface area contributed by atoms with Crippen molar-refractivity contribution in [1.29, 1.82) is 0 Å². The third kappa shape index (κ3) is 5.26. The molecule has 2 rings (SSSR count). The van der Waals surface area contributed by atoms with Crippen LogP contribution in [0.4, 0.5) is 5.13 Å². The molecule has 7 nitrogen and oxygen atoms in total. The Hall–Kier alpha value is -1.51. The lowest BCUT2D eigenvalue weighted by Gasteiger charge is -2.18. The van der Waals surface area contributed by atoms with Gasteiger partial charge in [-0.25, -0.2) is 4.98 Å². The molecular formula is C15H22N2O5S. The Labute approximate surface area is 139 Å². The van der Waals surface area contributed by atoms with Gasteiger partial charge in [0.1, 0.15) is 6.61 Å². The number of aromatic nitrogens is 1. The maximum Gasteiger partial charge on any atom is 0.309 e. The smallest absolute Gasteiger partial charge is 0.309 e. The van der Waals surface area contributed by atoms with E-state index in [1.54, 1.807) is 14.0 Å². The van der Waals surface area contributed by atoms with E-state index in [4.69, 9.17) is 14.2 Å². The van der Waals surface area contributed by atoms with Gasteiger partial charge in [0.2, 0.25) is 0 Å². The van der Waals surface area contributed by atoms with Crippen molar-refractivity contribution in [3.63, 3.8) is 0 Å². The van der Waals surface area contributed by atoms with E-state index in [0.29, 0.717) is 31.4 Å². The van der Waals surface area contributed by atoms with Crippen molar-refractivity contribution >= 4 is 28.3 Å². The summed E-state index contributed by atoms with van der Waals surface area (Å²) in [6.45, 7) is 3.00. The Morgan fingerprint density at radius 3 is 2.96 bits per heavy atom. The summed E-state index contributed by atoms with van der Waals surface area (Å²) < 4.78 is 15.1. The van der Waals surface area contributed by atoms with Gasteiger partial charge in [-0.2, -0.15) is 0 Å². The number of hydrogen-bond donors (Lipinski definition) is 1. The number of esters is 1. The number of carbonyl (C=O) groups excluding carboxylic acids is 2. The number of rotatable bonds is 8. The van der Waals surface area contributed by atoms with Crippen LogP contribution in [0.25, 0.3) is 0 Å². The van der Waals surface area contributed by atoms with Crippen molar-refractivity contribution in [1.82, 2.24) is 4.98 Å². The zero-order chi connectivity index (χ0) is 16.7. The molecule has 128 valence electrons. The predicted molar refractivity (Wildman–Crippen MR) is 85.6 cm³/mol. The quantitative estimate of drug-likeness (QED) is 0.568. The molecule has 1 amide bonds. The minimum absolute atomic E-state index is 0.0287. The third-order valence-electron chi connectivity index (χ3n) is 3.47. The summed E-state index contributed by atoms with van der Waals surface area (Å²) in [5.41, 5.74) is 0.964. The monoisotopic (exact) mass is 342 g/mol. The number of fused-ring (bicyclic) bond motifs is 1. The molecular weight excluding hydrogens is 320 g/mol. The van der Waals surface area contributed by atoms with Crippen LogP contribution in [0.2, 0.25) is 0 Å². The molecule has 1 aliphatic carbocycles. The first-order valence-corrected chi connectivity index (χ1v) is 8.47. The highest BCUT2D eigenvalue weighted by atomic mass is 32.1. The predicted octanol–water partition coefficient (Wildman–Crippen LogP) is 1.41. The largest absolute Gasteiger partial charge is 0.466 e. The van der Waals surface area contributed by atoms with Crippen LogP contribution >= 0.6 is 11.3 Å². The molecule has 0 aliphatic heterocycles. The molecule has 8 heteroatoms. The van der Waals surface area contributed by atoms with Crippen LogP contribution in [0.5, 0.6) is 0 Å². The lowest BCUT2D eigenvalue weighted by molar-refractivity contribution is -0.148. The van der Waals surface area contributed by atoms with Crippen LogP contribution in [0.1, 0.15) is 23.9 Å². The Balaban J connectivity index is 1.85. The van der Waals surface area contributed by atoms with Crippen molar-refractivity contribution in [3.05, 3.63) is 10.6 Å². The van der Waals surface area contributed by atoms with Gasteiger partial charge in [0.25, 0.3) is 5.91 Å². The summed E-state index contributed by atoms with van der Waals surface area (Å²) in [6, 6.07) is 0. The van der Waals surface area contributed by atoms with Crippen LogP contribution in [0, 0.1) is 5.92 Å². The number of hydrogen-bond acceptors (Lipinski definition) is 7. The molecule has 0 saturated carbocycles. The van der Waals surface area contributed by atoms with E-state index in [1.165, 1.54) is 11.3 Å². The maximum absolute atomic E-state index is 11.8. The molecule has 0 fully saturated rings. The van der Waals surface area contributed by atoms with Gasteiger partial charge in [0, 0.05) is 12.0 Å². The van der Waals surface area contributed by atoms with Crippen LogP contribution in [0.3, 0.4) is 0 Å². The first-order valence-electron chi connectivity index (χ1n) is 7.65. The second-order valence-corrected chi connectivity index (χ2v) is 6.26. The number of carbonyl (C=O) groups is 2. The molecule has 1 heterocycles. The van der Waals surface area contributed by atoms with E-state index < -0.39 is 0 Å². The molecule has 1 unspecified atom stereocenters. The molecule has 0 aromatic carbocycles. The molecule has 1 atom stereocenters. The zero-order valence-electron chi connectivity index (χ0n) is 13.4. The van der Waals surface area contributed by atoms with E-state index >= 15 is 0 Å². The van der Waals surface area contributed by atoms with E-state index in [0.717, 1.165) is 23.4 Å². The number of nitrogens with one attached hydrogen (secondary N) is 1. The van der Waals surface area contributed by atoms with Gasteiger partial charge in [0.15, 0.2) is 5.13 Å². The van der Waals surface area contributed by atoms with Crippen LogP contribution < -0.4 is 5.32 Å². The van der Waals surface area contributed by atoms with Gasteiger partial charge < -0.3 is 14.2 Å². The molecule has 0 saturated heterocycles. The molecule has 0 spiro atoms. The number of methoxy groups -OCH3 is 1. The molecule has 1 aromatic rings. The SMILES string of the molecule is CCOC(=O)C1CCc2nc(NC(=O)COCCOC)sc2C1. The summed E-state index contributed by atoms with van der Waals surface area (Å²) in [5, 5.41) is 3.29. The lowest BCUT2D eigenvalue weighted by atomic mass is 9.91. The Bertz CT molecular complexity index is 546. The van der Waals surface area contributed by atoms with Crippen molar-refractivity contribution < 1.29 is 23.8 Å². The first kappa shape index (κ1) is 17.8. The van der Waals surface area contributed by atoms with E-state index in [2.05, 4.69) is 10.3 Å². The fourth-order valence-electron chi connectivity index (χ4n) is 2.35. The minimum Gasteiger partial charge on any atom is -0.466 e. The summed E-state index contributed by atoms with van der Waals surface area (Å²) >= 11 is 1.42. The highest BCUT2D eigenvalue weighted by Crippen LogP contribution is 2.32. The maximum atomic E-state index is 11.8. The second kappa shape index (κ2) is 8.95. The number of anilines is 1. The van der Waals surface area contributed by atoms with Crippen molar-refractivity contribution in [2.75, 3.05) is 38.9 Å². The first-order chi connectivity index (χ1) is 11.1. The summed E-state index contributed by atoms with van der Waals surface area (Å²) in [4.78, 5) is 29.1. The Morgan fingerprint density at radius 2 is 2.22 bits per heavy atom. The number of amides is 1. The number of thiazole rings is 1. The fraction of sp³-hybridized carbons (Fsp3) is 0.667. The highest BCUT2D eigenvalue weighted by molar-refractivity contribution is 7.15. The Morgan fingerprint density at radius 1 is 1.39 bits per heavy atom. The lowest BCUT2D eigenvalue weighted by Crippen LogP contribution is -2.24. The van der Waals surface area contributed by atoms with Crippen molar-refractivity contribution in [2.45, 2.75) is 26.2 Å². The van der Waals surface area contributed by atoms with Gasteiger partial charge in [-0.05, 0) is 26.2 Å². The normalized spacial score (nSPS) is 16.7. The number of nitrogens with zero attached hydrogens (tertiary/aromatic N) is 1. The number of ether oxygens (including phenoxy) is 3. The van der Waals surface area contributed by atoms with Crippen molar-refractivity contribution in [3.8, 4) is 0 Å². The minimum atomic E-state index is -0.242. The third-order valence-corrected chi connectivity index (χ3v) is 4.51. The van der Waals surface area contributed by atoms with Crippen molar-refractivity contribution in [2.24, 2.45) is 5.92 Å². The molecule has 23 heavy (non-hydrogen) atoms. The standard InChI is InChI=1S/C15H22N2O5S/c1-3-22-14(19)10-4-5-11-12(8-10)23-15(16-11)17-13(18)9-21-7-6-20-2/h10H,3-9H2,1-2H3,(H,16,17,18). The van der Waals surface area contributed by atoms with Crippen LogP contribution in [-0.2, 0) is 36.6 Å². The molecule has 1 aliphatic rings. The highest BCUT2D eigenvalue weighted by Gasteiger charge is 2.28. The average Bonchev–Trinajstić information content (AvgIpc) is 2.93. The molecule has 0 radical (unpaired) electrons. The Kier molecular flexibility index (Phi) is 6.94. The van der Waals surface area contributed by atoms with Crippen LogP contribution in [0.15, 0.2) is 0 Å². The van der Waals surface area contributed by atoms with E-state index in [9.17, 15) is 9.59 Å². The number of aryl methyl sites for hydroxylation is 1. The zero-order valence-corrected chi connectivity index (χ0v) is 14.2. The van der Waals surface area contributed by atoms with Gasteiger partial charge in [-0.1, -0.05) is 0 Å². The van der Waals surface area contributed by atoms with Gasteiger partial charge in [-0.15, -0.1) is 11.3 Å². The molecule has 1 N–H and O–H groups in total. The van der Waals surface area contributed by atoms with E-state index in [1.807, 2.05) is 0 Å². The molecule has 0 bridgehead atoms. The average molecular weight is 342 g/mol. The summed E-state index contributed by atoms with van der Waals surface area (Å²) in [7, 11) is 1.58. The van der Waals surface area contributed by atoms with Gasteiger partial charge in [0.05, 0.1) is 31.4 Å². The second-order valence-electron chi connectivity index (χ2n) is 5.17. The summed E-state index contributed by atoms with van der Waals surface area (Å²) in [5.74, 6) is -0.498.